The van der Waals surface area contributed by atoms with Gasteiger partial charge < -0.3 is 11.1 Å². The molecule has 7 nitrogen and oxygen atoms in total. The molecule has 0 aliphatic heterocycles. The van der Waals surface area contributed by atoms with Crippen LogP contribution >= 0.6 is 36.2 Å². The van der Waals surface area contributed by atoms with Crippen LogP contribution in [0.3, 0.4) is 0 Å². The van der Waals surface area contributed by atoms with Crippen LogP contribution in [-0.4, -0.2) is 31.2 Å². The summed E-state index contributed by atoms with van der Waals surface area (Å²) in [7, 11) is 0. The summed E-state index contributed by atoms with van der Waals surface area (Å²) in [5.41, 5.74) is 12.4. The number of thiocarbonyl (C=S) groups is 2. The Bertz CT molecular complexity index is 656. The van der Waals surface area contributed by atoms with Crippen molar-refractivity contribution in [3.05, 3.63) is 35.9 Å². The van der Waals surface area contributed by atoms with Crippen molar-refractivity contribution in [2.75, 3.05) is 12.0 Å². The third-order valence-corrected chi connectivity index (χ3v) is 3.63. The molecule has 10 heteroatoms. The average Bonchev–Trinajstić information content (AvgIpc) is 2.92. The fourth-order valence-electron chi connectivity index (χ4n) is 1.53. The Morgan fingerprint density at radius 2 is 2.00 bits per heavy atom. The molecule has 2 aromatic rings. The van der Waals surface area contributed by atoms with Crippen LogP contribution in [0.4, 0.5) is 5.95 Å². The van der Waals surface area contributed by atoms with Crippen LogP contribution < -0.4 is 21.9 Å². The number of hydrogen-bond acceptors (Lipinski definition) is 6. The summed E-state index contributed by atoms with van der Waals surface area (Å²) in [6.45, 7) is 0.614. The van der Waals surface area contributed by atoms with Gasteiger partial charge in [-0.25, -0.2) is 0 Å². The molecule has 1 heterocycles. The SMILES string of the molecule is CSc1nc(N)n(C(=S)NNC(=S)NCc2ccccc2)n1. The molecule has 0 radical (unpaired) electrons. The first-order valence-corrected chi connectivity index (χ1v) is 8.29. The molecular weight excluding hydrogens is 338 g/mol. The van der Waals surface area contributed by atoms with E-state index in [1.54, 1.807) is 0 Å². The number of rotatable bonds is 3. The van der Waals surface area contributed by atoms with E-state index in [1.807, 2.05) is 36.6 Å². The van der Waals surface area contributed by atoms with E-state index in [0.717, 1.165) is 5.56 Å². The zero-order valence-corrected chi connectivity index (χ0v) is 14.2. The summed E-state index contributed by atoms with van der Waals surface area (Å²) in [4.78, 5) is 4.04. The quantitative estimate of drug-likeness (QED) is 0.364. The lowest BCUT2D eigenvalue weighted by Gasteiger charge is -2.13. The van der Waals surface area contributed by atoms with Gasteiger partial charge in [-0.05, 0) is 36.3 Å². The average molecular weight is 354 g/mol. The Morgan fingerprint density at radius 1 is 1.27 bits per heavy atom. The lowest BCUT2D eigenvalue weighted by Crippen LogP contribution is -2.48. The van der Waals surface area contributed by atoms with Crippen molar-refractivity contribution in [3.8, 4) is 0 Å². The molecule has 0 aliphatic carbocycles. The van der Waals surface area contributed by atoms with Gasteiger partial charge in [-0.2, -0.15) is 9.67 Å². The standard InChI is InChI=1S/C12H15N7S3/c1-22-11-15-9(13)19(18-11)12(21)17-16-10(20)14-7-8-5-3-2-4-6-8/h2-6H,7H2,1H3,(H,17,21)(H2,13,15,18)(H2,14,16,20). The molecule has 116 valence electrons. The van der Waals surface area contributed by atoms with Crippen molar-refractivity contribution in [2.45, 2.75) is 11.7 Å². The van der Waals surface area contributed by atoms with Gasteiger partial charge in [-0.1, -0.05) is 42.1 Å². The molecule has 2 rings (SSSR count). The molecule has 0 bridgehead atoms. The van der Waals surface area contributed by atoms with Crippen LogP contribution in [-0.2, 0) is 6.54 Å². The number of nitrogens with zero attached hydrogens (tertiary/aromatic N) is 3. The summed E-state index contributed by atoms with van der Waals surface area (Å²) in [6, 6.07) is 9.92. The molecule has 0 saturated heterocycles. The first-order valence-electron chi connectivity index (χ1n) is 6.25. The van der Waals surface area contributed by atoms with Crippen LogP contribution in [0.1, 0.15) is 5.56 Å². The zero-order chi connectivity index (χ0) is 15.9. The molecule has 0 aliphatic rings. The number of hydrazine groups is 1. The molecule has 22 heavy (non-hydrogen) atoms. The number of anilines is 1. The largest absolute Gasteiger partial charge is 0.368 e. The van der Waals surface area contributed by atoms with Crippen LogP contribution in [0.2, 0.25) is 0 Å². The van der Waals surface area contributed by atoms with Crippen molar-refractivity contribution >= 4 is 52.4 Å². The molecule has 0 fully saturated rings. The van der Waals surface area contributed by atoms with Gasteiger partial charge in [0.1, 0.15) is 0 Å². The summed E-state index contributed by atoms with van der Waals surface area (Å²) < 4.78 is 1.33. The van der Waals surface area contributed by atoms with E-state index in [4.69, 9.17) is 30.2 Å². The first-order chi connectivity index (χ1) is 10.6. The number of nitrogen functional groups attached to an aromatic ring is 1. The molecule has 0 amide bonds. The number of hydrogen-bond donors (Lipinski definition) is 4. The molecule has 0 saturated carbocycles. The topological polar surface area (TPSA) is 92.8 Å². The normalized spacial score (nSPS) is 10.0. The second-order valence-corrected chi connectivity index (χ2v) is 5.66. The molecule has 1 aromatic heterocycles. The van der Waals surface area contributed by atoms with Crippen molar-refractivity contribution < 1.29 is 0 Å². The Hall–Kier alpha value is -1.91. The van der Waals surface area contributed by atoms with E-state index in [1.165, 1.54) is 16.4 Å². The number of aromatic nitrogens is 3. The summed E-state index contributed by atoms with van der Waals surface area (Å²) in [6.07, 6.45) is 1.86. The molecule has 1 aromatic carbocycles. The summed E-state index contributed by atoms with van der Waals surface area (Å²) in [5.74, 6) is 0.215. The third kappa shape index (κ3) is 4.55. The monoisotopic (exact) mass is 353 g/mol. The van der Waals surface area contributed by atoms with Gasteiger partial charge in [0.05, 0.1) is 0 Å². The van der Waals surface area contributed by atoms with E-state index < -0.39 is 0 Å². The van der Waals surface area contributed by atoms with Gasteiger partial charge in [0, 0.05) is 6.54 Å². The Kier molecular flexibility index (Phi) is 5.92. The summed E-state index contributed by atoms with van der Waals surface area (Å²) in [5, 5.41) is 8.41. The minimum absolute atomic E-state index is 0.215. The maximum atomic E-state index is 5.73. The zero-order valence-electron chi connectivity index (χ0n) is 11.7. The van der Waals surface area contributed by atoms with Gasteiger partial charge in [0.25, 0.3) is 0 Å². The number of thioether (sulfide) groups is 1. The van der Waals surface area contributed by atoms with Gasteiger partial charge in [-0.3, -0.25) is 10.9 Å². The van der Waals surface area contributed by atoms with E-state index in [9.17, 15) is 0 Å². The van der Waals surface area contributed by atoms with Crippen LogP contribution in [0, 0.1) is 0 Å². The first kappa shape index (κ1) is 16.5. The van der Waals surface area contributed by atoms with Crippen LogP contribution in [0.25, 0.3) is 0 Å². The number of nitrogens with two attached hydrogens (primary N) is 1. The molecule has 0 spiro atoms. The highest BCUT2D eigenvalue weighted by Gasteiger charge is 2.10. The highest BCUT2D eigenvalue weighted by molar-refractivity contribution is 7.98. The predicted octanol–water partition coefficient (Wildman–Crippen LogP) is 0.884. The highest BCUT2D eigenvalue weighted by Crippen LogP contribution is 2.10. The van der Waals surface area contributed by atoms with Gasteiger partial charge in [0.2, 0.25) is 16.2 Å². The van der Waals surface area contributed by atoms with Gasteiger partial charge >= 0.3 is 0 Å². The number of nitrogens with one attached hydrogen (secondary N) is 3. The molecule has 0 unspecified atom stereocenters. The van der Waals surface area contributed by atoms with E-state index >= 15 is 0 Å². The summed E-state index contributed by atoms with van der Waals surface area (Å²) >= 11 is 11.7. The van der Waals surface area contributed by atoms with Crippen LogP contribution in [0.5, 0.6) is 0 Å². The second-order valence-electron chi connectivity index (χ2n) is 4.09. The maximum Gasteiger partial charge on any atom is 0.226 e. The van der Waals surface area contributed by atoms with E-state index in [2.05, 4.69) is 26.3 Å². The van der Waals surface area contributed by atoms with Gasteiger partial charge in [0.15, 0.2) is 5.11 Å². The lowest BCUT2D eigenvalue weighted by molar-refractivity contribution is 0.767. The molecule has 0 atom stereocenters. The molecule has 5 N–H and O–H groups in total. The number of benzene rings is 1. The lowest BCUT2D eigenvalue weighted by atomic mass is 10.2. The fourth-order valence-corrected chi connectivity index (χ4v) is 2.18. The van der Waals surface area contributed by atoms with Crippen LogP contribution in [0.15, 0.2) is 35.5 Å². The second kappa shape index (κ2) is 7.92. The molecular formula is C12H15N7S3. The van der Waals surface area contributed by atoms with Crippen molar-refractivity contribution in [3.63, 3.8) is 0 Å². The predicted molar refractivity (Wildman–Crippen MR) is 96.4 cm³/mol. The van der Waals surface area contributed by atoms with Crippen molar-refractivity contribution in [1.29, 1.82) is 0 Å². The third-order valence-electron chi connectivity index (χ3n) is 2.57. The van der Waals surface area contributed by atoms with Crippen molar-refractivity contribution in [2.24, 2.45) is 0 Å². The smallest absolute Gasteiger partial charge is 0.226 e. The Balaban J connectivity index is 1.80. The minimum Gasteiger partial charge on any atom is -0.368 e. The van der Waals surface area contributed by atoms with E-state index in [0.29, 0.717) is 16.8 Å². The fraction of sp³-hybridized carbons (Fsp3) is 0.167. The van der Waals surface area contributed by atoms with E-state index in [-0.39, 0.29) is 11.1 Å². The van der Waals surface area contributed by atoms with Gasteiger partial charge in [-0.15, -0.1) is 5.10 Å². The maximum absolute atomic E-state index is 5.73. The minimum atomic E-state index is 0.215. The Morgan fingerprint density at radius 3 is 2.64 bits per heavy atom. The Labute approximate surface area is 143 Å². The highest BCUT2D eigenvalue weighted by atomic mass is 32.2. The van der Waals surface area contributed by atoms with Crippen molar-refractivity contribution in [1.82, 2.24) is 30.9 Å².